The molecule has 1 amide bonds. The van der Waals surface area contributed by atoms with Crippen LogP contribution in [0, 0.1) is 10.1 Å². The molecule has 4 rings (SSSR count). The molecular formula is C27H27BrN4O7S. The molecule has 2 aromatic carbocycles. The van der Waals surface area contributed by atoms with Crippen LogP contribution in [-0.4, -0.2) is 52.7 Å². The van der Waals surface area contributed by atoms with Gasteiger partial charge in [-0.25, -0.2) is 4.99 Å². The predicted octanol–water partition coefficient (Wildman–Crippen LogP) is 3.50. The molecule has 0 spiro atoms. The molecule has 1 atom stereocenters. The summed E-state index contributed by atoms with van der Waals surface area (Å²) in [7, 11) is 3.03. The summed E-state index contributed by atoms with van der Waals surface area (Å²) in [6.45, 7) is 6.42. The van der Waals surface area contributed by atoms with E-state index in [0.29, 0.717) is 51.8 Å². The van der Waals surface area contributed by atoms with Crippen LogP contribution in [0.25, 0.3) is 6.08 Å². The zero-order valence-electron chi connectivity index (χ0n) is 22.4. The number of fused-ring (bicyclic) bond motifs is 1. The van der Waals surface area contributed by atoms with Crippen molar-refractivity contribution in [3.8, 4) is 17.2 Å². The maximum absolute atomic E-state index is 14.0. The Balaban J connectivity index is 2.04. The van der Waals surface area contributed by atoms with E-state index < -0.39 is 28.0 Å². The highest BCUT2D eigenvalue weighted by Crippen LogP contribution is 2.38. The highest BCUT2D eigenvalue weighted by Gasteiger charge is 2.36. The van der Waals surface area contributed by atoms with Gasteiger partial charge in [-0.2, -0.15) is 0 Å². The van der Waals surface area contributed by atoms with Crippen molar-refractivity contribution < 1.29 is 24.3 Å². The quantitative estimate of drug-likeness (QED) is 0.297. The molecule has 0 aliphatic carbocycles. The van der Waals surface area contributed by atoms with E-state index in [1.807, 2.05) is 13.8 Å². The molecule has 1 aliphatic heterocycles. The van der Waals surface area contributed by atoms with E-state index >= 15 is 0 Å². The van der Waals surface area contributed by atoms with E-state index in [2.05, 4.69) is 20.9 Å². The summed E-state index contributed by atoms with van der Waals surface area (Å²) in [5, 5.41) is 21.5. The number of carbonyl (C=O) groups excluding carboxylic acids is 1. The smallest absolute Gasteiger partial charge is 0.312 e. The fourth-order valence-electron chi connectivity index (χ4n) is 4.60. The Hall–Kier alpha value is -3.97. The number of methoxy groups -OCH3 is 2. The van der Waals surface area contributed by atoms with E-state index in [4.69, 9.17) is 9.47 Å². The zero-order valence-corrected chi connectivity index (χ0v) is 24.8. The summed E-state index contributed by atoms with van der Waals surface area (Å²) in [5.74, 6) is 0.207. The summed E-state index contributed by atoms with van der Waals surface area (Å²) >= 11 is 4.22. The number of rotatable bonds is 8. The number of benzene rings is 2. The van der Waals surface area contributed by atoms with Gasteiger partial charge in [0.05, 0.1) is 39.4 Å². The first-order chi connectivity index (χ1) is 19.1. The number of nitro groups is 1. The lowest BCUT2D eigenvalue weighted by Gasteiger charge is -2.30. The number of phenolic OH excluding ortho intramolecular Hbond substituents is 1. The molecule has 1 aliphatic rings. The van der Waals surface area contributed by atoms with Gasteiger partial charge in [-0.05, 0) is 72.6 Å². The molecule has 2 heterocycles. The molecule has 0 fully saturated rings. The number of phenols is 1. The Bertz CT molecular complexity index is 1720. The normalized spacial score (nSPS) is 14.9. The van der Waals surface area contributed by atoms with Gasteiger partial charge in [0.1, 0.15) is 17.5 Å². The molecule has 3 aromatic rings. The molecule has 0 bridgehead atoms. The number of nitro benzene ring substituents is 1. The number of carbonyl (C=O) groups is 1. The highest BCUT2D eigenvalue weighted by molar-refractivity contribution is 9.10. The van der Waals surface area contributed by atoms with Crippen molar-refractivity contribution in [2.75, 3.05) is 27.3 Å². The van der Waals surface area contributed by atoms with Gasteiger partial charge in [-0.3, -0.25) is 24.3 Å². The molecule has 0 saturated carbocycles. The van der Waals surface area contributed by atoms with Crippen LogP contribution in [-0.2, 0) is 4.79 Å². The SMILES string of the molecule is CCN(CC)C(=O)C1=C(C)N=c2s/c(=C/c3cc(Br)c(O)c([N+](=O)[O-])c3)c(=O)n2[C@H]1c1cc(OC)ccc1OC. The standard InChI is InChI=1S/C27H27BrN4O7S/c1-6-30(7-2)26(35)22-14(3)29-27-31(23(22)17-13-16(38-4)8-9-20(17)39-5)25(34)21(40-27)12-15-10-18(28)24(33)19(11-15)32(36)37/h8-13,23,33H,6-7H2,1-5H3/b21-12+/t23-/m0/s1. The van der Waals surface area contributed by atoms with Gasteiger partial charge in [0.25, 0.3) is 11.5 Å². The van der Waals surface area contributed by atoms with E-state index in [9.17, 15) is 24.8 Å². The minimum Gasteiger partial charge on any atom is -0.501 e. The lowest BCUT2D eigenvalue weighted by molar-refractivity contribution is -0.386. The number of halogens is 1. The van der Waals surface area contributed by atoms with Crippen LogP contribution in [0.2, 0.25) is 0 Å². The summed E-state index contributed by atoms with van der Waals surface area (Å²) in [4.78, 5) is 45.2. The Morgan fingerprint density at radius 2 is 1.95 bits per heavy atom. The van der Waals surface area contributed by atoms with Crippen molar-refractivity contribution in [1.82, 2.24) is 9.47 Å². The van der Waals surface area contributed by atoms with Gasteiger partial charge in [0.15, 0.2) is 4.80 Å². The summed E-state index contributed by atoms with van der Waals surface area (Å²) in [5.41, 5.74) is 0.715. The van der Waals surface area contributed by atoms with E-state index in [1.54, 1.807) is 30.0 Å². The Morgan fingerprint density at radius 1 is 1.25 bits per heavy atom. The zero-order chi connectivity index (χ0) is 29.3. The number of aromatic nitrogens is 1. The fourth-order valence-corrected chi connectivity index (χ4v) is 6.12. The van der Waals surface area contributed by atoms with Crippen molar-refractivity contribution in [3.63, 3.8) is 0 Å². The molecule has 210 valence electrons. The second-order valence-corrected chi connectivity index (χ2v) is 10.7. The molecule has 0 unspecified atom stereocenters. The molecule has 0 radical (unpaired) electrons. The molecule has 13 heteroatoms. The molecule has 1 N–H and O–H groups in total. The van der Waals surface area contributed by atoms with E-state index in [-0.39, 0.29) is 14.9 Å². The van der Waals surface area contributed by atoms with Crippen molar-refractivity contribution in [2.24, 2.45) is 4.99 Å². The van der Waals surface area contributed by atoms with Crippen molar-refractivity contribution in [3.05, 3.63) is 87.0 Å². The highest BCUT2D eigenvalue weighted by atomic mass is 79.9. The maximum Gasteiger partial charge on any atom is 0.312 e. The Labute approximate surface area is 241 Å². The third kappa shape index (κ3) is 5.13. The van der Waals surface area contributed by atoms with E-state index in [1.165, 1.54) is 37.0 Å². The number of hydrogen-bond donors (Lipinski definition) is 1. The van der Waals surface area contributed by atoms with Gasteiger partial charge < -0.3 is 19.5 Å². The van der Waals surface area contributed by atoms with Crippen molar-refractivity contribution in [1.29, 1.82) is 0 Å². The Morgan fingerprint density at radius 3 is 2.55 bits per heavy atom. The van der Waals surface area contributed by atoms with Crippen LogP contribution < -0.4 is 24.4 Å². The first-order valence-electron chi connectivity index (χ1n) is 12.3. The first-order valence-corrected chi connectivity index (χ1v) is 13.9. The fraction of sp³-hybridized carbons (Fsp3) is 0.296. The van der Waals surface area contributed by atoms with Crippen LogP contribution in [0.15, 0.2) is 55.9 Å². The number of ether oxygens (including phenoxy) is 2. The van der Waals surface area contributed by atoms with Crippen LogP contribution >= 0.6 is 27.3 Å². The average molecular weight is 632 g/mol. The first kappa shape index (κ1) is 29.0. The lowest BCUT2D eigenvalue weighted by atomic mass is 9.93. The topological polar surface area (TPSA) is 137 Å². The second kappa shape index (κ2) is 11.6. The third-order valence-electron chi connectivity index (χ3n) is 6.59. The lowest BCUT2D eigenvalue weighted by Crippen LogP contribution is -2.43. The van der Waals surface area contributed by atoms with Crippen LogP contribution in [0.4, 0.5) is 5.69 Å². The number of allylic oxidation sites excluding steroid dienone is 1. The monoisotopic (exact) mass is 630 g/mol. The number of likely N-dealkylation sites (N-methyl/N-ethyl adjacent to an activating group) is 1. The molecule has 40 heavy (non-hydrogen) atoms. The van der Waals surface area contributed by atoms with Gasteiger partial charge >= 0.3 is 5.69 Å². The van der Waals surface area contributed by atoms with Crippen molar-refractivity contribution >= 4 is 44.9 Å². The number of hydrogen-bond acceptors (Lipinski definition) is 9. The van der Waals surface area contributed by atoms with E-state index in [0.717, 1.165) is 11.3 Å². The predicted molar refractivity (Wildman–Crippen MR) is 154 cm³/mol. The van der Waals surface area contributed by atoms with Gasteiger partial charge in [-0.1, -0.05) is 11.3 Å². The van der Waals surface area contributed by atoms with Gasteiger partial charge in [-0.15, -0.1) is 0 Å². The minimum atomic E-state index is -0.877. The molecule has 11 nitrogen and oxygen atoms in total. The molecule has 0 saturated heterocycles. The molecular weight excluding hydrogens is 604 g/mol. The number of amides is 1. The van der Waals surface area contributed by atoms with Gasteiger partial charge in [0.2, 0.25) is 5.75 Å². The summed E-state index contributed by atoms with van der Waals surface area (Å²) in [6, 6.07) is 6.95. The number of nitrogens with zero attached hydrogens (tertiary/aromatic N) is 4. The number of aromatic hydroxyl groups is 1. The summed E-state index contributed by atoms with van der Waals surface area (Å²) < 4.78 is 12.9. The number of thiazole rings is 1. The van der Waals surface area contributed by atoms with Gasteiger partial charge in [0, 0.05) is 24.7 Å². The third-order valence-corrected chi connectivity index (χ3v) is 8.18. The van der Waals surface area contributed by atoms with Crippen LogP contribution in [0.3, 0.4) is 0 Å². The van der Waals surface area contributed by atoms with Crippen LogP contribution in [0.5, 0.6) is 17.2 Å². The molecule has 1 aromatic heterocycles. The second-order valence-electron chi connectivity index (χ2n) is 8.79. The Kier molecular flexibility index (Phi) is 8.45. The maximum atomic E-state index is 14.0. The summed E-state index contributed by atoms with van der Waals surface area (Å²) in [6.07, 6.45) is 1.49. The minimum absolute atomic E-state index is 0.114. The van der Waals surface area contributed by atoms with Crippen molar-refractivity contribution in [2.45, 2.75) is 26.8 Å². The average Bonchev–Trinajstić information content (AvgIpc) is 3.23. The largest absolute Gasteiger partial charge is 0.501 e. The van der Waals surface area contributed by atoms with Crippen LogP contribution in [0.1, 0.15) is 37.9 Å².